The van der Waals surface area contributed by atoms with Gasteiger partial charge in [-0.25, -0.2) is 0 Å². The van der Waals surface area contributed by atoms with Crippen LogP contribution in [0.3, 0.4) is 0 Å². The molecule has 1 heterocycles. The van der Waals surface area contributed by atoms with Crippen molar-refractivity contribution in [2.45, 2.75) is 36.3 Å². The fraction of sp³-hybridized carbons (Fsp3) is 0.562. The lowest BCUT2D eigenvalue weighted by atomic mass is 9.98. The van der Waals surface area contributed by atoms with Crippen LogP contribution >= 0.6 is 11.8 Å². The van der Waals surface area contributed by atoms with Crippen LogP contribution in [0.1, 0.15) is 26.7 Å². The van der Waals surface area contributed by atoms with Gasteiger partial charge in [0.1, 0.15) is 0 Å². The van der Waals surface area contributed by atoms with Crippen molar-refractivity contribution in [3.8, 4) is 0 Å². The number of hydrogen-bond acceptors (Lipinski definition) is 3. The number of nitrogens with one attached hydrogen (secondary N) is 1. The Morgan fingerprint density at radius 2 is 1.95 bits per heavy atom. The summed E-state index contributed by atoms with van der Waals surface area (Å²) in [4.78, 5) is 13.1. The minimum atomic E-state index is 0.0358. The highest BCUT2D eigenvalue weighted by Crippen LogP contribution is 2.40. The Kier molecular flexibility index (Phi) is 5.49. The topological polar surface area (TPSA) is 38.3 Å². The minimum absolute atomic E-state index is 0.0358. The Morgan fingerprint density at radius 1 is 1.30 bits per heavy atom. The van der Waals surface area contributed by atoms with Crippen molar-refractivity contribution in [3.05, 3.63) is 30.3 Å². The first-order valence-corrected chi connectivity index (χ1v) is 8.02. The average molecular weight is 293 g/mol. The zero-order valence-electron chi connectivity index (χ0n) is 12.2. The van der Waals surface area contributed by atoms with Gasteiger partial charge in [0.15, 0.2) is 0 Å². The van der Waals surface area contributed by atoms with Gasteiger partial charge in [0.25, 0.3) is 0 Å². The standard InChI is InChI=1S/C16H23NO2S/c1-13(2)15(18)17-12-16(8-10-19-11-9-16)20-14-6-4-3-5-7-14/h3-7,13H,8-12H2,1-2H3,(H,17,18). The number of thioether (sulfide) groups is 1. The summed E-state index contributed by atoms with van der Waals surface area (Å²) in [6.45, 7) is 6.12. The van der Waals surface area contributed by atoms with Gasteiger partial charge < -0.3 is 10.1 Å². The number of carbonyl (C=O) groups is 1. The molecule has 1 aromatic carbocycles. The number of rotatable bonds is 5. The summed E-state index contributed by atoms with van der Waals surface area (Å²) in [5, 5.41) is 3.10. The van der Waals surface area contributed by atoms with Crippen molar-refractivity contribution >= 4 is 17.7 Å². The molecule has 0 unspecified atom stereocenters. The molecule has 1 aliphatic heterocycles. The zero-order chi connectivity index (χ0) is 14.4. The highest BCUT2D eigenvalue weighted by Gasteiger charge is 2.34. The van der Waals surface area contributed by atoms with Gasteiger partial charge >= 0.3 is 0 Å². The number of benzene rings is 1. The summed E-state index contributed by atoms with van der Waals surface area (Å²) < 4.78 is 5.55. The normalized spacial score (nSPS) is 17.9. The van der Waals surface area contributed by atoms with Crippen molar-refractivity contribution in [2.24, 2.45) is 5.92 Å². The minimum Gasteiger partial charge on any atom is -0.381 e. The highest BCUT2D eigenvalue weighted by molar-refractivity contribution is 8.00. The van der Waals surface area contributed by atoms with Gasteiger partial charge in [0, 0.05) is 35.3 Å². The first kappa shape index (κ1) is 15.4. The molecule has 4 heteroatoms. The second kappa shape index (κ2) is 7.14. The summed E-state index contributed by atoms with van der Waals surface area (Å²) in [5.74, 6) is 0.165. The highest BCUT2D eigenvalue weighted by atomic mass is 32.2. The van der Waals surface area contributed by atoms with E-state index in [4.69, 9.17) is 4.74 Å². The van der Waals surface area contributed by atoms with E-state index in [0.29, 0.717) is 6.54 Å². The molecule has 0 bridgehead atoms. The molecule has 0 atom stereocenters. The van der Waals surface area contributed by atoms with Gasteiger partial charge in [-0.05, 0) is 25.0 Å². The molecule has 3 nitrogen and oxygen atoms in total. The van der Waals surface area contributed by atoms with Crippen molar-refractivity contribution in [1.29, 1.82) is 0 Å². The summed E-state index contributed by atoms with van der Waals surface area (Å²) in [6, 6.07) is 10.4. The number of amides is 1. The van der Waals surface area contributed by atoms with E-state index in [2.05, 4.69) is 29.6 Å². The van der Waals surface area contributed by atoms with Crippen LogP contribution in [0.4, 0.5) is 0 Å². The molecule has 0 saturated carbocycles. The molecular formula is C16H23NO2S. The molecule has 0 aliphatic carbocycles. The fourth-order valence-electron chi connectivity index (χ4n) is 2.25. The lowest BCUT2D eigenvalue weighted by molar-refractivity contribution is -0.124. The van der Waals surface area contributed by atoms with Crippen LogP contribution in [0.2, 0.25) is 0 Å². The van der Waals surface area contributed by atoms with Crippen LogP contribution in [-0.2, 0) is 9.53 Å². The molecule has 1 aliphatic rings. The van der Waals surface area contributed by atoms with E-state index >= 15 is 0 Å². The Hall–Kier alpha value is -1.00. The van der Waals surface area contributed by atoms with E-state index in [9.17, 15) is 4.79 Å². The number of carbonyl (C=O) groups excluding carboxylic acids is 1. The molecule has 20 heavy (non-hydrogen) atoms. The molecule has 1 amide bonds. The van der Waals surface area contributed by atoms with Crippen LogP contribution in [0.15, 0.2) is 35.2 Å². The van der Waals surface area contributed by atoms with Crippen molar-refractivity contribution in [2.75, 3.05) is 19.8 Å². The van der Waals surface area contributed by atoms with Gasteiger partial charge in [0.2, 0.25) is 5.91 Å². The maximum Gasteiger partial charge on any atom is 0.222 e. The molecule has 110 valence electrons. The molecule has 2 rings (SSSR count). The molecule has 0 spiro atoms. The molecule has 1 fully saturated rings. The van der Waals surface area contributed by atoms with E-state index in [1.165, 1.54) is 4.90 Å². The Morgan fingerprint density at radius 3 is 2.55 bits per heavy atom. The first-order chi connectivity index (χ1) is 9.61. The monoisotopic (exact) mass is 293 g/mol. The van der Waals surface area contributed by atoms with E-state index in [1.54, 1.807) is 0 Å². The van der Waals surface area contributed by atoms with Crippen molar-refractivity contribution in [1.82, 2.24) is 5.32 Å². The predicted molar refractivity (Wildman–Crippen MR) is 82.9 cm³/mol. The Bertz CT molecular complexity index is 427. The number of hydrogen-bond donors (Lipinski definition) is 1. The number of ether oxygens (including phenoxy) is 1. The van der Waals surface area contributed by atoms with Gasteiger partial charge in [-0.3, -0.25) is 4.79 Å². The smallest absolute Gasteiger partial charge is 0.222 e. The molecule has 0 aromatic heterocycles. The van der Waals surface area contributed by atoms with E-state index in [1.807, 2.05) is 31.7 Å². The fourth-order valence-corrected chi connectivity index (χ4v) is 3.56. The Balaban J connectivity index is 2.03. The second-order valence-corrected chi connectivity index (χ2v) is 7.12. The predicted octanol–water partition coefficient (Wildman–Crippen LogP) is 3.10. The average Bonchev–Trinajstić information content (AvgIpc) is 2.47. The van der Waals surface area contributed by atoms with Crippen LogP contribution in [0, 0.1) is 5.92 Å². The maximum absolute atomic E-state index is 11.8. The van der Waals surface area contributed by atoms with Crippen LogP contribution < -0.4 is 5.32 Å². The molecule has 1 aromatic rings. The third kappa shape index (κ3) is 4.25. The van der Waals surface area contributed by atoms with E-state index < -0.39 is 0 Å². The zero-order valence-corrected chi connectivity index (χ0v) is 13.0. The molecule has 0 radical (unpaired) electrons. The van der Waals surface area contributed by atoms with E-state index in [0.717, 1.165) is 26.1 Å². The van der Waals surface area contributed by atoms with Gasteiger partial charge in [0.05, 0.1) is 0 Å². The quantitative estimate of drug-likeness (QED) is 0.906. The van der Waals surface area contributed by atoms with E-state index in [-0.39, 0.29) is 16.6 Å². The summed E-state index contributed by atoms with van der Waals surface area (Å²) >= 11 is 1.87. The summed E-state index contributed by atoms with van der Waals surface area (Å²) in [7, 11) is 0. The van der Waals surface area contributed by atoms with Crippen LogP contribution in [0.5, 0.6) is 0 Å². The third-order valence-corrected chi connectivity index (χ3v) is 5.08. The van der Waals surface area contributed by atoms with Gasteiger partial charge in [-0.2, -0.15) is 0 Å². The van der Waals surface area contributed by atoms with Gasteiger partial charge in [-0.15, -0.1) is 11.8 Å². The van der Waals surface area contributed by atoms with Crippen LogP contribution in [0.25, 0.3) is 0 Å². The lowest BCUT2D eigenvalue weighted by Crippen LogP contribution is -2.45. The van der Waals surface area contributed by atoms with Crippen LogP contribution in [-0.4, -0.2) is 30.4 Å². The summed E-state index contributed by atoms with van der Waals surface area (Å²) in [5.41, 5.74) is 0. The van der Waals surface area contributed by atoms with Gasteiger partial charge in [-0.1, -0.05) is 32.0 Å². The van der Waals surface area contributed by atoms with Crippen molar-refractivity contribution < 1.29 is 9.53 Å². The second-order valence-electron chi connectivity index (χ2n) is 5.58. The SMILES string of the molecule is CC(C)C(=O)NCC1(Sc2ccccc2)CCOCC1. The molecule has 1 saturated heterocycles. The molecular weight excluding hydrogens is 270 g/mol. The third-order valence-electron chi connectivity index (χ3n) is 3.59. The molecule has 1 N–H and O–H groups in total. The first-order valence-electron chi connectivity index (χ1n) is 7.21. The maximum atomic E-state index is 11.8. The Labute approximate surface area is 125 Å². The lowest BCUT2D eigenvalue weighted by Gasteiger charge is -2.37. The van der Waals surface area contributed by atoms with Crippen molar-refractivity contribution in [3.63, 3.8) is 0 Å². The summed E-state index contributed by atoms with van der Waals surface area (Å²) in [6.07, 6.45) is 1.95. The largest absolute Gasteiger partial charge is 0.381 e.